The van der Waals surface area contributed by atoms with Gasteiger partial charge in [0, 0.05) is 5.02 Å². The Bertz CT molecular complexity index is 894. The summed E-state index contributed by atoms with van der Waals surface area (Å²) in [4.78, 5) is 12.1. The van der Waals surface area contributed by atoms with Crippen LogP contribution in [0.15, 0.2) is 59.0 Å². The second-order valence-corrected chi connectivity index (χ2v) is 5.52. The third-order valence-corrected chi connectivity index (χ3v) is 3.49. The van der Waals surface area contributed by atoms with Gasteiger partial charge in [0.1, 0.15) is 29.8 Å². The van der Waals surface area contributed by atoms with Crippen molar-refractivity contribution < 1.29 is 22.7 Å². The summed E-state index contributed by atoms with van der Waals surface area (Å²) in [7, 11) is 0. The predicted octanol–water partition coefficient (Wildman–Crippen LogP) is 5.04. The van der Waals surface area contributed by atoms with Crippen LogP contribution in [0.2, 0.25) is 5.02 Å². The predicted molar refractivity (Wildman–Crippen MR) is 88.8 cm³/mol. The summed E-state index contributed by atoms with van der Waals surface area (Å²) >= 11 is 5.66. The van der Waals surface area contributed by atoms with E-state index in [1.165, 1.54) is 42.5 Å². The van der Waals surface area contributed by atoms with Gasteiger partial charge in [-0.2, -0.15) is 0 Å². The number of ether oxygens (including phenoxy) is 1. The van der Waals surface area contributed by atoms with E-state index in [-0.39, 0.29) is 28.9 Å². The van der Waals surface area contributed by atoms with Gasteiger partial charge in [-0.05, 0) is 54.6 Å². The fourth-order valence-corrected chi connectivity index (χ4v) is 2.20. The molecule has 1 N–H and O–H groups in total. The van der Waals surface area contributed by atoms with Gasteiger partial charge in [0.05, 0.1) is 5.69 Å². The molecular formula is C18H12ClF2NO3. The SMILES string of the molecule is O=C(Nc1ccc(Cl)cc1F)c1ccc(COc2ccc(F)cc2)o1. The van der Waals surface area contributed by atoms with Crippen molar-refractivity contribution >= 4 is 23.2 Å². The molecule has 7 heteroatoms. The van der Waals surface area contributed by atoms with Gasteiger partial charge >= 0.3 is 0 Å². The van der Waals surface area contributed by atoms with Crippen LogP contribution in [0.5, 0.6) is 5.75 Å². The monoisotopic (exact) mass is 363 g/mol. The zero-order chi connectivity index (χ0) is 17.8. The van der Waals surface area contributed by atoms with Crippen molar-refractivity contribution in [1.82, 2.24) is 0 Å². The van der Waals surface area contributed by atoms with Gasteiger partial charge in [0.15, 0.2) is 5.76 Å². The Morgan fingerprint density at radius 3 is 2.56 bits per heavy atom. The molecule has 1 aromatic heterocycles. The summed E-state index contributed by atoms with van der Waals surface area (Å²) in [6, 6.07) is 12.4. The normalized spacial score (nSPS) is 10.5. The molecule has 0 saturated heterocycles. The second kappa shape index (κ2) is 7.36. The first-order valence-corrected chi connectivity index (χ1v) is 7.62. The Morgan fingerprint density at radius 2 is 1.84 bits per heavy atom. The van der Waals surface area contributed by atoms with Crippen LogP contribution in [0.3, 0.4) is 0 Å². The van der Waals surface area contributed by atoms with E-state index < -0.39 is 11.7 Å². The zero-order valence-electron chi connectivity index (χ0n) is 12.8. The molecule has 0 aliphatic carbocycles. The van der Waals surface area contributed by atoms with E-state index >= 15 is 0 Å². The van der Waals surface area contributed by atoms with Crippen LogP contribution in [0.25, 0.3) is 0 Å². The molecule has 3 aromatic rings. The highest BCUT2D eigenvalue weighted by atomic mass is 35.5. The smallest absolute Gasteiger partial charge is 0.291 e. The first-order valence-electron chi connectivity index (χ1n) is 7.25. The summed E-state index contributed by atoms with van der Waals surface area (Å²) in [5.41, 5.74) is -0.00471. The molecule has 4 nitrogen and oxygen atoms in total. The molecule has 3 rings (SSSR count). The average molecular weight is 364 g/mol. The molecule has 0 unspecified atom stereocenters. The number of anilines is 1. The highest BCUT2D eigenvalue weighted by Gasteiger charge is 2.14. The first kappa shape index (κ1) is 17.0. The number of hydrogen-bond donors (Lipinski definition) is 1. The maximum atomic E-state index is 13.7. The van der Waals surface area contributed by atoms with Crippen LogP contribution in [0, 0.1) is 11.6 Å². The Morgan fingerprint density at radius 1 is 1.08 bits per heavy atom. The van der Waals surface area contributed by atoms with E-state index in [1.54, 1.807) is 6.07 Å². The minimum atomic E-state index is -0.646. The lowest BCUT2D eigenvalue weighted by Gasteiger charge is -2.05. The number of nitrogens with one attached hydrogen (secondary N) is 1. The molecular weight excluding hydrogens is 352 g/mol. The van der Waals surface area contributed by atoms with Gasteiger partial charge in [-0.3, -0.25) is 4.79 Å². The number of halogens is 3. The van der Waals surface area contributed by atoms with Crippen molar-refractivity contribution in [2.45, 2.75) is 6.61 Å². The van der Waals surface area contributed by atoms with Crippen molar-refractivity contribution in [3.05, 3.63) is 82.8 Å². The Balaban J connectivity index is 1.62. The quantitative estimate of drug-likeness (QED) is 0.690. The van der Waals surface area contributed by atoms with Crippen molar-refractivity contribution in [3.8, 4) is 5.75 Å². The summed E-state index contributed by atoms with van der Waals surface area (Å²) in [5.74, 6) is -0.745. The third-order valence-electron chi connectivity index (χ3n) is 3.26. The van der Waals surface area contributed by atoms with E-state index in [2.05, 4.69) is 5.32 Å². The lowest BCUT2D eigenvalue weighted by molar-refractivity contribution is 0.0992. The number of carbonyl (C=O) groups excluding carboxylic acids is 1. The molecule has 2 aromatic carbocycles. The molecule has 128 valence electrons. The fourth-order valence-electron chi connectivity index (χ4n) is 2.04. The second-order valence-electron chi connectivity index (χ2n) is 5.09. The maximum Gasteiger partial charge on any atom is 0.291 e. The van der Waals surface area contributed by atoms with E-state index in [1.807, 2.05) is 0 Å². The minimum Gasteiger partial charge on any atom is -0.486 e. The molecule has 1 amide bonds. The highest BCUT2D eigenvalue weighted by molar-refractivity contribution is 6.30. The van der Waals surface area contributed by atoms with E-state index in [4.69, 9.17) is 20.8 Å². The number of hydrogen-bond acceptors (Lipinski definition) is 3. The van der Waals surface area contributed by atoms with Crippen LogP contribution in [-0.4, -0.2) is 5.91 Å². The van der Waals surface area contributed by atoms with Gasteiger partial charge < -0.3 is 14.5 Å². The number of rotatable bonds is 5. The number of amides is 1. The molecule has 0 bridgehead atoms. The minimum absolute atomic E-state index is 0.00471. The van der Waals surface area contributed by atoms with Crippen molar-refractivity contribution in [2.24, 2.45) is 0 Å². The standard InChI is InChI=1S/C18H12ClF2NO3/c19-11-1-7-16(15(21)9-11)22-18(23)17-8-6-14(25-17)10-24-13-4-2-12(20)3-5-13/h1-9H,10H2,(H,22,23). The summed E-state index contributed by atoms with van der Waals surface area (Å²) in [6.07, 6.45) is 0. The fraction of sp³-hybridized carbons (Fsp3) is 0.0556. The van der Waals surface area contributed by atoms with Gasteiger partial charge in [-0.1, -0.05) is 11.6 Å². The molecule has 0 saturated carbocycles. The molecule has 25 heavy (non-hydrogen) atoms. The molecule has 0 fully saturated rings. The van der Waals surface area contributed by atoms with Crippen LogP contribution in [0.4, 0.5) is 14.5 Å². The molecule has 0 atom stereocenters. The van der Waals surface area contributed by atoms with Gasteiger partial charge in [-0.25, -0.2) is 8.78 Å². The molecule has 0 radical (unpaired) electrons. The van der Waals surface area contributed by atoms with Crippen LogP contribution >= 0.6 is 11.6 Å². The average Bonchev–Trinajstić information content (AvgIpc) is 3.06. The van der Waals surface area contributed by atoms with Crippen LogP contribution in [-0.2, 0) is 6.61 Å². The summed E-state index contributed by atoms with van der Waals surface area (Å²) in [5, 5.41) is 2.63. The summed E-state index contributed by atoms with van der Waals surface area (Å²) < 4.78 is 37.3. The van der Waals surface area contributed by atoms with E-state index in [9.17, 15) is 13.6 Å². The highest BCUT2D eigenvalue weighted by Crippen LogP contribution is 2.20. The summed E-state index contributed by atoms with van der Waals surface area (Å²) in [6.45, 7) is 0.0637. The van der Waals surface area contributed by atoms with Gasteiger partial charge in [0.25, 0.3) is 5.91 Å². The van der Waals surface area contributed by atoms with Crippen molar-refractivity contribution in [2.75, 3.05) is 5.32 Å². The Kier molecular flexibility index (Phi) is 5.00. The van der Waals surface area contributed by atoms with Crippen molar-refractivity contribution in [1.29, 1.82) is 0 Å². The largest absolute Gasteiger partial charge is 0.486 e. The molecule has 0 spiro atoms. The lowest BCUT2D eigenvalue weighted by atomic mass is 10.3. The van der Waals surface area contributed by atoms with Gasteiger partial charge in [0.2, 0.25) is 0 Å². The van der Waals surface area contributed by atoms with Gasteiger partial charge in [-0.15, -0.1) is 0 Å². The van der Waals surface area contributed by atoms with Crippen molar-refractivity contribution in [3.63, 3.8) is 0 Å². The Hall–Kier alpha value is -2.86. The number of furan rings is 1. The third kappa shape index (κ3) is 4.36. The molecule has 0 aliphatic rings. The molecule has 0 aliphatic heterocycles. The van der Waals surface area contributed by atoms with Crippen LogP contribution < -0.4 is 10.1 Å². The number of carbonyl (C=O) groups is 1. The van der Waals surface area contributed by atoms with E-state index in [0.717, 1.165) is 6.07 Å². The lowest BCUT2D eigenvalue weighted by Crippen LogP contribution is -2.12. The Labute approximate surface area is 147 Å². The number of benzene rings is 2. The van der Waals surface area contributed by atoms with Crippen LogP contribution in [0.1, 0.15) is 16.3 Å². The topological polar surface area (TPSA) is 51.5 Å². The maximum absolute atomic E-state index is 13.7. The van der Waals surface area contributed by atoms with E-state index in [0.29, 0.717) is 11.5 Å². The molecule has 1 heterocycles. The first-order chi connectivity index (χ1) is 12.0. The zero-order valence-corrected chi connectivity index (χ0v) is 13.5.